The van der Waals surface area contributed by atoms with Gasteiger partial charge in [0.2, 0.25) is 5.91 Å². The van der Waals surface area contributed by atoms with E-state index in [0.717, 1.165) is 12.1 Å². The molecule has 0 saturated carbocycles. The zero-order valence-electron chi connectivity index (χ0n) is 10.1. The monoisotopic (exact) mass is 261 g/mol. The Bertz CT molecular complexity index is 508. The van der Waals surface area contributed by atoms with Crippen LogP contribution in [0.1, 0.15) is 23.5 Å². The van der Waals surface area contributed by atoms with Crippen molar-refractivity contribution in [2.45, 2.75) is 19.4 Å². The summed E-state index contributed by atoms with van der Waals surface area (Å²) in [5.41, 5.74) is 7.81. The minimum atomic E-state index is -0.712. The molecule has 0 saturated heterocycles. The van der Waals surface area contributed by atoms with Crippen molar-refractivity contribution in [3.63, 3.8) is 0 Å². The Labute approximate surface area is 110 Å². The molecule has 0 aliphatic heterocycles. The number of carbonyl (C=O) groups is 1. The van der Waals surface area contributed by atoms with E-state index in [-0.39, 0.29) is 5.91 Å². The lowest BCUT2D eigenvalue weighted by atomic mass is 10.1. The Hall–Kier alpha value is -1.72. The third kappa shape index (κ3) is 2.94. The molecule has 3 N–H and O–H groups in total. The maximum Gasteiger partial charge on any atom is 0.248 e. The van der Waals surface area contributed by atoms with Gasteiger partial charge >= 0.3 is 0 Å². The summed E-state index contributed by atoms with van der Waals surface area (Å²) in [7, 11) is 0. The van der Waals surface area contributed by atoms with Gasteiger partial charge in [0, 0.05) is 17.3 Å². The number of carbonyl (C=O) groups excluding carboxylic acids is 1. The van der Waals surface area contributed by atoms with E-state index in [1.807, 2.05) is 24.3 Å². The number of nitrogens with two attached hydrogens (primary N) is 1. The average Bonchev–Trinajstić information content (AvgIpc) is 2.92. The topological polar surface area (TPSA) is 68.0 Å². The van der Waals surface area contributed by atoms with E-state index in [0.29, 0.717) is 5.01 Å². The summed E-state index contributed by atoms with van der Waals surface area (Å²) in [6, 6.07) is 7.03. The fourth-order valence-electron chi connectivity index (χ4n) is 1.54. The molecule has 2 aromatic rings. The molecule has 94 valence electrons. The second-order valence-corrected chi connectivity index (χ2v) is 4.81. The molecular weight excluding hydrogens is 246 g/mol. The fourth-order valence-corrected chi connectivity index (χ4v) is 2.18. The van der Waals surface area contributed by atoms with Crippen LogP contribution in [0.15, 0.2) is 35.8 Å². The Morgan fingerprint density at radius 3 is 2.72 bits per heavy atom. The number of hydrogen-bond donors (Lipinski definition) is 2. The summed E-state index contributed by atoms with van der Waals surface area (Å²) in [6.07, 6.45) is 2.62. The van der Waals surface area contributed by atoms with Gasteiger partial charge in [0.05, 0.1) is 0 Å². The van der Waals surface area contributed by atoms with Crippen LogP contribution < -0.4 is 11.1 Å². The van der Waals surface area contributed by atoms with Gasteiger partial charge < -0.3 is 11.1 Å². The summed E-state index contributed by atoms with van der Waals surface area (Å²) in [5.74, 6) is -0.241. The number of aryl methyl sites for hydroxylation is 1. The van der Waals surface area contributed by atoms with Crippen molar-refractivity contribution in [3.8, 4) is 0 Å². The largest absolute Gasteiger partial charge is 0.324 e. The molecule has 0 radical (unpaired) electrons. The molecular formula is C13H15N3OS. The first kappa shape index (κ1) is 12.7. The van der Waals surface area contributed by atoms with Crippen LogP contribution in [0.2, 0.25) is 0 Å². The molecule has 0 spiro atoms. The number of hydrogen-bond acceptors (Lipinski definition) is 4. The molecule has 2 rings (SSSR count). The van der Waals surface area contributed by atoms with Crippen LogP contribution in [0.3, 0.4) is 0 Å². The molecule has 1 heterocycles. The van der Waals surface area contributed by atoms with Gasteiger partial charge in [-0.05, 0) is 24.1 Å². The predicted molar refractivity (Wildman–Crippen MR) is 73.5 cm³/mol. The van der Waals surface area contributed by atoms with Crippen LogP contribution >= 0.6 is 11.3 Å². The minimum Gasteiger partial charge on any atom is -0.324 e. The van der Waals surface area contributed by atoms with E-state index in [1.165, 1.54) is 16.9 Å². The number of rotatable bonds is 4. The normalized spacial score (nSPS) is 12.1. The first-order valence-electron chi connectivity index (χ1n) is 5.75. The average molecular weight is 261 g/mol. The van der Waals surface area contributed by atoms with E-state index in [9.17, 15) is 4.79 Å². The summed E-state index contributed by atoms with van der Waals surface area (Å²) >= 11 is 1.38. The highest BCUT2D eigenvalue weighted by Gasteiger charge is 2.17. The molecule has 5 heteroatoms. The molecule has 0 aliphatic rings. The standard InChI is InChI=1S/C13H15N3OS/c1-2-9-3-5-10(6-4-9)16-12(17)11(14)13-15-7-8-18-13/h3-8,11H,2,14H2,1H3,(H,16,17). The highest BCUT2D eigenvalue weighted by molar-refractivity contribution is 7.09. The number of anilines is 1. The van der Waals surface area contributed by atoms with Crippen molar-refractivity contribution in [1.82, 2.24) is 4.98 Å². The van der Waals surface area contributed by atoms with Crippen molar-refractivity contribution in [2.24, 2.45) is 5.73 Å². The number of nitrogens with one attached hydrogen (secondary N) is 1. The molecule has 4 nitrogen and oxygen atoms in total. The van der Waals surface area contributed by atoms with Gasteiger partial charge in [-0.1, -0.05) is 19.1 Å². The fraction of sp³-hybridized carbons (Fsp3) is 0.231. The Balaban J connectivity index is 2.02. The number of nitrogens with zero attached hydrogens (tertiary/aromatic N) is 1. The van der Waals surface area contributed by atoms with Crippen LogP contribution in [-0.2, 0) is 11.2 Å². The summed E-state index contributed by atoms with van der Waals surface area (Å²) in [4.78, 5) is 15.9. The maximum absolute atomic E-state index is 11.9. The summed E-state index contributed by atoms with van der Waals surface area (Å²) in [6.45, 7) is 2.09. The first-order chi connectivity index (χ1) is 8.70. The summed E-state index contributed by atoms with van der Waals surface area (Å²) in [5, 5.41) is 5.21. The van der Waals surface area contributed by atoms with Crippen LogP contribution in [0, 0.1) is 0 Å². The maximum atomic E-state index is 11.9. The van der Waals surface area contributed by atoms with Crippen molar-refractivity contribution < 1.29 is 4.79 Å². The number of amides is 1. The Kier molecular flexibility index (Phi) is 4.07. The number of aromatic nitrogens is 1. The minimum absolute atomic E-state index is 0.241. The third-order valence-electron chi connectivity index (χ3n) is 2.63. The Morgan fingerprint density at radius 2 is 2.17 bits per heavy atom. The van der Waals surface area contributed by atoms with Crippen molar-refractivity contribution in [3.05, 3.63) is 46.4 Å². The summed E-state index contributed by atoms with van der Waals surface area (Å²) < 4.78 is 0. The van der Waals surface area contributed by atoms with Crippen LogP contribution in [0.4, 0.5) is 5.69 Å². The van der Waals surface area contributed by atoms with Crippen molar-refractivity contribution in [2.75, 3.05) is 5.32 Å². The van der Waals surface area contributed by atoms with E-state index in [1.54, 1.807) is 11.6 Å². The zero-order valence-corrected chi connectivity index (χ0v) is 10.9. The molecule has 1 aromatic carbocycles. The lowest BCUT2D eigenvalue weighted by Crippen LogP contribution is -2.27. The highest BCUT2D eigenvalue weighted by Crippen LogP contribution is 2.16. The van der Waals surface area contributed by atoms with Gasteiger partial charge in [-0.2, -0.15) is 0 Å². The van der Waals surface area contributed by atoms with Gasteiger partial charge in [-0.25, -0.2) is 4.98 Å². The van der Waals surface area contributed by atoms with Gasteiger partial charge in [-0.15, -0.1) is 11.3 Å². The van der Waals surface area contributed by atoms with Gasteiger partial charge in [-0.3, -0.25) is 4.79 Å². The lowest BCUT2D eigenvalue weighted by Gasteiger charge is -2.10. The number of thiazole rings is 1. The van der Waals surface area contributed by atoms with E-state index in [4.69, 9.17) is 5.73 Å². The molecule has 18 heavy (non-hydrogen) atoms. The second-order valence-electron chi connectivity index (χ2n) is 3.89. The SMILES string of the molecule is CCc1ccc(NC(=O)C(N)c2nccs2)cc1. The third-order valence-corrected chi connectivity index (χ3v) is 3.49. The predicted octanol–water partition coefficient (Wildman–Crippen LogP) is 2.34. The Morgan fingerprint density at radius 1 is 1.44 bits per heavy atom. The van der Waals surface area contributed by atoms with E-state index < -0.39 is 6.04 Å². The van der Waals surface area contributed by atoms with Crippen molar-refractivity contribution >= 4 is 22.9 Å². The van der Waals surface area contributed by atoms with Gasteiger partial charge in [0.1, 0.15) is 11.0 Å². The van der Waals surface area contributed by atoms with Crippen LogP contribution in [0.5, 0.6) is 0 Å². The quantitative estimate of drug-likeness (QED) is 0.887. The van der Waals surface area contributed by atoms with Crippen molar-refractivity contribution in [1.29, 1.82) is 0 Å². The molecule has 1 amide bonds. The highest BCUT2D eigenvalue weighted by atomic mass is 32.1. The van der Waals surface area contributed by atoms with Gasteiger partial charge in [0.25, 0.3) is 0 Å². The second kappa shape index (κ2) is 5.75. The number of benzene rings is 1. The lowest BCUT2D eigenvalue weighted by molar-refractivity contribution is -0.117. The zero-order chi connectivity index (χ0) is 13.0. The first-order valence-corrected chi connectivity index (χ1v) is 6.63. The smallest absolute Gasteiger partial charge is 0.248 e. The molecule has 1 unspecified atom stereocenters. The van der Waals surface area contributed by atoms with Gasteiger partial charge in [0.15, 0.2) is 0 Å². The molecule has 1 aromatic heterocycles. The van der Waals surface area contributed by atoms with E-state index in [2.05, 4.69) is 17.2 Å². The molecule has 0 fully saturated rings. The van der Waals surface area contributed by atoms with E-state index >= 15 is 0 Å². The molecule has 0 bridgehead atoms. The molecule has 0 aliphatic carbocycles. The van der Waals surface area contributed by atoms with Crippen LogP contribution in [-0.4, -0.2) is 10.9 Å². The van der Waals surface area contributed by atoms with Crippen LogP contribution in [0.25, 0.3) is 0 Å². The molecule has 1 atom stereocenters.